The molecule has 7 heteroatoms. The van der Waals surface area contributed by atoms with Gasteiger partial charge in [0.15, 0.2) is 0 Å². The molecule has 0 radical (unpaired) electrons. The van der Waals surface area contributed by atoms with Gasteiger partial charge in [0, 0.05) is 15.4 Å². The molecule has 1 aromatic heterocycles. The Hall–Kier alpha value is -3.58. The van der Waals surface area contributed by atoms with Gasteiger partial charge in [0.05, 0.1) is 28.0 Å². The minimum Gasteiger partial charge on any atom is -0.456 e. The van der Waals surface area contributed by atoms with Gasteiger partial charge in [-0.2, -0.15) is 0 Å². The van der Waals surface area contributed by atoms with Crippen LogP contribution in [0.4, 0.5) is 10.1 Å². The van der Waals surface area contributed by atoms with Crippen molar-refractivity contribution in [3.05, 3.63) is 93.7 Å². The lowest BCUT2D eigenvalue weighted by Crippen LogP contribution is -2.24. The van der Waals surface area contributed by atoms with Crippen LogP contribution in [0.5, 0.6) is 0 Å². The Morgan fingerprint density at radius 1 is 1.00 bits per heavy atom. The first-order chi connectivity index (χ1) is 16.5. The number of halogens is 2. The number of ether oxygens (including phenoxy) is 1. The van der Waals surface area contributed by atoms with Crippen molar-refractivity contribution in [1.82, 2.24) is 4.98 Å². The molecule has 0 saturated heterocycles. The van der Waals surface area contributed by atoms with Gasteiger partial charge in [-0.1, -0.05) is 46.3 Å². The third kappa shape index (κ3) is 5.41. The normalized spacial score (nSPS) is 11.4. The van der Waals surface area contributed by atoms with E-state index in [1.807, 2.05) is 55.5 Å². The Kier molecular flexibility index (Phi) is 6.72. The zero-order valence-corrected chi connectivity index (χ0v) is 21.4. The SMILES string of the molecule is Cc1c(-c2ccccc2)nc2ccc(Br)cc2c1C(=O)Nc1ccc(C(=O)OC(C)(C)C)cc1F. The van der Waals surface area contributed by atoms with Gasteiger partial charge in [-0.25, -0.2) is 14.2 Å². The van der Waals surface area contributed by atoms with Gasteiger partial charge in [0.1, 0.15) is 11.4 Å². The largest absolute Gasteiger partial charge is 0.456 e. The number of anilines is 1. The third-order valence-corrected chi connectivity index (χ3v) is 5.81. The molecule has 3 aromatic carbocycles. The molecular weight excluding hydrogens is 511 g/mol. The number of nitrogens with one attached hydrogen (secondary N) is 1. The number of pyridine rings is 1. The summed E-state index contributed by atoms with van der Waals surface area (Å²) in [5.41, 5.74) is 2.58. The molecule has 1 N–H and O–H groups in total. The molecule has 1 heterocycles. The molecule has 1 amide bonds. The summed E-state index contributed by atoms with van der Waals surface area (Å²) in [5.74, 6) is -1.85. The van der Waals surface area contributed by atoms with Gasteiger partial charge < -0.3 is 10.1 Å². The molecule has 0 bridgehead atoms. The minimum atomic E-state index is -0.734. The molecule has 178 valence electrons. The van der Waals surface area contributed by atoms with E-state index < -0.39 is 23.3 Å². The predicted molar refractivity (Wildman–Crippen MR) is 139 cm³/mol. The number of hydrogen-bond acceptors (Lipinski definition) is 4. The van der Waals surface area contributed by atoms with Crippen LogP contribution in [-0.4, -0.2) is 22.5 Å². The van der Waals surface area contributed by atoms with Crippen molar-refractivity contribution >= 4 is 44.4 Å². The van der Waals surface area contributed by atoms with Crippen LogP contribution in [0.1, 0.15) is 47.1 Å². The van der Waals surface area contributed by atoms with Crippen LogP contribution >= 0.6 is 15.9 Å². The highest BCUT2D eigenvalue weighted by Gasteiger charge is 2.22. The lowest BCUT2D eigenvalue weighted by Gasteiger charge is -2.19. The van der Waals surface area contributed by atoms with E-state index >= 15 is 0 Å². The zero-order chi connectivity index (χ0) is 25.3. The number of fused-ring (bicyclic) bond motifs is 1. The lowest BCUT2D eigenvalue weighted by molar-refractivity contribution is 0.00690. The summed E-state index contributed by atoms with van der Waals surface area (Å²) in [4.78, 5) is 30.6. The highest BCUT2D eigenvalue weighted by Crippen LogP contribution is 2.32. The summed E-state index contributed by atoms with van der Waals surface area (Å²) in [6.07, 6.45) is 0. The van der Waals surface area contributed by atoms with Gasteiger partial charge in [0.2, 0.25) is 0 Å². The molecule has 0 fully saturated rings. The number of carbonyl (C=O) groups excluding carboxylic acids is 2. The lowest BCUT2D eigenvalue weighted by atomic mass is 9.97. The maximum Gasteiger partial charge on any atom is 0.338 e. The minimum absolute atomic E-state index is 0.0390. The summed E-state index contributed by atoms with van der Waals surface area (Å²) in [6.45, 7) is 7.03. The molecule has 0 atom stereocenters. The van der Waals surface area contributed by atoms with E-state index in [1.54, 1.807) is 20.8 Å². The van der Waals surface area contributed by atoms with Crippen molar-refractivity contribution in [2.75, 3.05) is 5.32 Å². The fraction of sp³-hybridized carbons (Fsp3) is 0.179. The van der Waals surface area contributed by atoms with Crippen LogP contribution in [0.25, 0.3) is 22.2 Å². The number of carbonyl (C=O) groups is 2. The second kappa shape index (κ2) is 9.58. The van der Waals surface area contributed by atoms with Crippen LogP contribution in [0, 0.1) is 12.7 Å². The monoisotopic (exact) mass is 534 g/mol. The summed E-state index contributed by atoms with van der Waals surface area (Å²) in [7, 11) is 0. The third-order valence-electron chi connectivity index (χ3n) is 5.32. The van der Waals surface area contributed by atoms with Gasteiger partial charge >= 0.3 is 5.97 Å². The summed E-state index contributed by atoms with van der Waals surface area (Å²) in [6, 6.07) is 18.9. The smallest absolute Gasteiger partial charge is 0.338 e. The van der Waals surface area contributed by atoms with Crippen LogP contribution in [0.15, 0.2) is 71.2 Å². The van der Waals surface area contributed by atoms with Gasteiger partial charge in [0.25, 0.3) is 5.91 Å². The van der Waals surface area contributed by atoms with Crippen molar-refractivity contribution in [3.63, 3.8) is 0 Å². The van der Waals surface area contributed by atoms with E-state index in [4.69, 9.17) is 9.72 Å². The molecule has 4 rings (SSSR count). The fourth-order valence-corrected chi connectivity index (χ4v) is 4.13. The van der Waals surface area contributed by atoms with E-state index in [0.29, 0.717) is 27.7 Å². The summed E-state index contributed by atoms with van der Waals surface area (Å²) < 4.78 is 21.0. The topological polar surface area (TPSA) is 68.3 Å². The number of nitrogens with zero attached hydrogens (tertiary/aromatic N) is 1. The van der Waals surface area contributed by atoms with Crippen LogP contribution < -0.4 is 5.32 Å². The van der Waals surface area contributed by atoms with Crippen LogP contribution in [0.3, 0.4) is 0 Å². The van der Waals surface area contributed by atoms with E-state index in [9.17, 15) is 14.0 Å². The molecule has 5 nitrogen and oxygen atoms in total. The second-order valence-corrected chi connectivity index (χ2v) is 10.1. The first-order valence-electron chi connectivity index (χ1n) is 11.0. The van der Waals surface area contributed by atoms with Crippen LogP contribution in [0.2, 0.25) is 0 Å². The van der Waals surface area contributed by atoms with E-state index in [2.05, 4.69) is 21.2 Å². The number of aromatic nitrogens is 1. The molecule has 0 unspecified atom stereocenters. The maximum atomic E-state index is 14.9. The predicted octanol–water partition coefficient (Wildman–Crippen LogP) is 7.32. The molecule has 0 saturated carbocycles. The van der Waals surface area contributed by atoms with Crippen LogP contribution in [-0.2, 0) is 4.74 Å². The number of esters is 1. The van der Waals surface area contributed by atoms with Gasteiger partial charge in [-0.15, -0.1) is 0 Å². The average Bonchev–Trinajstić information content (AvgIpc) is 2.79. The van der Waals surface area contributed by atoms with Crippen molar-refractivity contribution in [2.45, 2.75) is 33.3 Å². The molecule has 0 aliphatic carbocycles. The zero-order valence-electron chi connectivity index (χ0n) is 19.8. The molecular formula is C28H24BrFN2O3. The van der Waals surface area contributed by atoms with Crippen molar-refractivity contribution in [3.8, 4) is 11.3 Å². The van der Waals surface area contributed by atoms with E-state index in [1.165, 1.54) is 12.1 Å². The van der Waals surface area contributed by atoms with Gasteiger partial charge in [-0.3, -0.25) is 4.79 Å². The molecule has 0 aliphatic heterocycles. The van der Waals surface area contributed by atoms with Crippen molar-refractivity contribution < 1.29 is 18.7 Å². The Morgan fingerprint density at radius 3 is 2.37 bits per heavy atom. The maximum absolute atomic E-state index is 14.9. The summed E-state index contributed by atoms with van der Waals surface area (Å²) in [5, 5.41) is 3.30. The number of benzene rings is 3. The van der Waals surface area contributed by atoms with Crippen molar-refractivity contribution in [2.24, 2.45) is 0 Å². The molecule has 4 aromatic rings. The van der Waals surface area contributed by atoms with Gasteiger partial charge in [-0.05, 0) is 69.7 Å². The van der Waals surface area contributed by atoms with E-state index in [0.717, 1.165) is 16.1 Å². The Balaban J connectivity index is 1.74. The fourth-order valence-electron chi connectivity index (χ4n) is 3.77. The number of amides is 1. The average molecular weight is 535 g/mol. The molecule has 35 heavy (non-hydrogen) atoms. The second-order valence-electron chi connectivity index (χ2n) is 9.14. The van der Waals surface area contributed by atoms with Crippen molar-refractivity contribution in [1.29, 1.82) is 0 Å². The Bertz CT molecular complexity index is 1450. The van der Waals surface area contributed by atoms with E-state index in [-0.39, 0.29) is 11.3 Å². The highest BCUT2D eigenvalue weighted by atomic mass is 79.9. The number of hydrogen-bond donors (Lipinski definition) is 1. The Labute approximate surface area is 211 Å². The summed E-state index contributed by atoms with van der Waals surface area (Å²) >= 11 is 3.46. The highest BCUT2D eigenvalue weighted by molar-refractivity contribution is 9.10. The Morgan fingerprint density at radius 2 is 1.71 bits per heavy atom. The first-order valence-corrected chi connectivity index (χ1v) is 11.8. The molecule has 0 spiro atoms. The quantitative estimate of drug-likeness (QED) is 0.278. The molecule has 0 aliphatic rings. The first kappa shape index (κ1) is 24.5. The number of rotatable bonds is 4. The standard InChI is InChI=1S/C28H24BrFN2O3/c1-16-24(20-15-19(29)11-13-22(20)31-25(16)17-8-6-5-7-9-17)26(33)32-23-12-10-18(14-21(23)30)27(34)35-28(2,3)4/h5-15H,1-4H3,(H,32,33).